The average molecular weight is 315 g/mol. The van der Waals surface area contributed by atoms with Crippen molar-refractivity contribution >= 4 is 34.6 Å². The Labute approximate surface area is 124 Å². The fraction of sp³-hybridized carbons (Fsp3) is 0.0769. The van der Waals surface area contributed by atoms with Crippen LogP contribution in [0.15, 0.2) is 36.4 Å². The third-order valence-electron chi connectivity index (χ3n) is 2.67. The summed E-state index contributed by atoms with van der Waals surface area (Å²) in [6.45, 7) is 0.0357. The van der Waals surface area contributed by atoms with Gasteiger partial charge >= 0.3 is 0 Å². The van der Waals surface area contributed by atoms with Gasteiger partial charge in [-0.2, -0.15) is 0 Å². The molecule has 0 aliphatic heterocycles. The minimum absolute atomic E-state index is 0.0357. The van der Waals surface area contributed by atoms with E-state index in [9.17, 15) is 14.5 Å². The zero-order valence-electron chi connectivity index (χ0n) is 10.1. The minimum Gasteiger partial charge on any atom is -0.375 e. The number of nitrogens with zero attached hydrogens (tertiary/aromatic N) is 1. The van der Waals surface area contributed by atoms with Crippen molar-refractivity contribution in [3.05, 3.63) is 67.9 Å². The number of rotatable bonds is 4. The first-order chi connectivity index (χ1) is 9.49. The van der Waals surface area contributed by atoms with Gasteiger partial charge < -0.3 is 5.32 Å². The number of nitro benzene ring substituents is 1. The van der Waals surface area contributed by atoms with E-state index in [2.05, 4.69) is 5.32 Å². The van der Waals surface area contributed by atoms with E-state index in [1.54, 1.807) is 6.07 Å². The number of halogens is 3. The summed E-state index contributed by atoms with van der Waals surface area (Å²) in [7, 11) is 0. The highest BCUT2D eigenvalue weighted by molar-refractivity contribution is 6.31. The number of nitro groups is 1. The summed E-state index contributed by atoms with van der Waals surface area (Å²) in [4.78, 5) is 10.4. The Hall–Kier alpha value is -1.85. The zero-order valence-corrected chi connectivity index (χ0v) is 11.6. The van der Waals surface area contributed by atoms with Crippen LogP contribution in [0, 0.1) is 15.9 Å². The van der Waals surface area contributed by atoms with Gasteiger partial charge in [0.25, 0.3) is 5.69 Å². The normalized spacial score (nSPS) is 10.3. The quantitative estimate of drug-likeness (QED) is 0.660. The highest BCUT2D eigenvalue weighted by atomic mass is 35.5. The summed E-state index contributed by atoms with van der Waals surface area (Å²) in [5.74, 6) is -0.471. The first kappa shape index (κ1) is 14.6. The Balaban J connectivity index is 2.25. The van der Waals surface area contributed by atoms with Crippen LogP contribution in [0.1, 0.15) is 5.56 Å². The Morgan fingerprint density at radius 2 is 2.00 bits per heavy atom. The molecule has 0 unspecified atom stereocenters. The van der Waals surface area contributed by atoms with Crippen molar-refractivity contribution in [3.63, 3.8) is 0 Å². The molecule has 0 spiro atoms. The standard InChI is InChI=1S/C13H9Cl2FN2O2/c14-8-4-5-12(13(6-8)18(19)20)17-7-9-10(15)2-1-3-11(9)16/h1-6,17H,7H2. The van der Waals surface area contributed by atoms with Gasteiger partial charge in [-0.05, 0) is 24.3 Å². The van der Waals surface area contributed by atoms with Crippen molar-refractivity contribution in [3.8, 4) is 0 Å². The second-order valence-electron chi connectivity index (χ2n) is 3.97. The first-order valence-electron chi connectivity index (χ1n) is 5.59. The molecule has 0 aliphatic rings. The molecular formula is C13H9Cl2FN2O2. The summed E-state index contributed by atoms with van der Waals surface area (Å²) in [5.41, 5.74) is 0.321. The van der Waals surface area contributed by atoms with Crippen LogP contribution in [-0.4, -0.2) is 4.92 Å². The second kappa shape index (κ2) is 6.07. The van der Waals surface area contributed by atoms with Crippen LogP contribution >= 0.6 is 23.2 Å². The molecule has 0 amide bonds. The highest BCUT2D eigenvalue weighted by Gasteiger charge is 2.15. The molecule has 0 saturated carbocycles. The maximum atomic E-state index is 13.6. The van der Waals surface area contributed by atoms with Crippen LogP contribution in [0.5, 0.6) is 0 Å². The molecule has 0 aromatic heterocycles. The summed E-state index contributed by atoms with van der Waals surface area (Å²) in [5, 5.41) is 14.2. The maximum Gasteiger partial charge on any atom is 0.293 e. The number of nitrogens with one attached hydrogen (secondary N) is 1. The Morgan fingerprint density at radius 3 is 2.65 bits per heavy atom. The summed E-state index contributed by atoms with van der Waals surface area (Å²) in [6, 6.07) is 8.53. The van der Waals surface area contributed by atoms with Crippen LogP contribution in [0.2, 0.25) is 10.0 Å². The smallest absolute Gasteiger partial charge is 0.293 e. The van der Waals surface area contributed by atoms with Crippen molar-refractivity contribution in [1.82, 2.24) is 0 Å². The fourth-order valence-corrected chi connectivity index (χ4v) is 2.09. The molecule has 1 N–H and O–H groups in total. The average Bonchev–Trinajstić information content (AvgIpc) is 2.39. The Bertz CT molecular complexity index is 645. The SMILES string of the molecule is O=[N+]([O-])c1cc(Cl)ccc1NCc1c(F)cccc1Cl. The molecular weight excluding hydrogens is 306 g/mol. The molecule has 7 heteroatoms. The molecule has 2 aromatic carbocycles. The predicted octanol–water partition coefficient (Wildman–Crippen LogP) is 4.65. The molecule has 0 fully saturated rings. The Kier molecular flexibility index (Phi) is 4.42. The van der Waals surface area contributed by atoms with Gasteiger partial charge in [0, 0.05) is 28.2 Å². The summed E-state index contributed by atoms with van der Waals surface area (Å²) < 4.78 is 13.6. The van der Waals surface area contributed by atoms with Gasteiger partial charge in [-0.3, -0.25) is 10.1 Å². The van der Waals surface area contributed by atoms with E-state index in [1.807, 2.05) is 0 Å². The van der Waals surface area contributed by atoms with E-state index >= 15 is 0 Å². The van der Waals surface area contributed by atoms with Gasteiger partial charge in [-0.15, -0.1) is 0 Å². The second-order valence-corrected chi connectivity index (χ2v) is 4.82. The molecule has 0 radical (unpaired) electrons. The molecule has 2 rings (SSSR count). The Morgan fingerprint density at radius 1 is 1.25 bits per heavy atom. The fourth-order valence-electron chi connectivity index (χ4n) is 1.69. The van der Waals surface area contributed by atoms with E-state index in [0.717, 1.165) is 0 Å². The maximum absolute atomic E-state index is 13.6. The minimum atomic E-state index is -0.558. The molecule has 20 heavy (non-hydrogen) atoms. The van der Waals surface area contributed by atoms with Gasteiger partial charge in [0.15, 0.2) is 0 Å². The number of hydrogen-bond acceptors (Lipinski definition) is 3. The van der Waals surface area contributed by atoms with E-state index in [0.29, 0.717) is 0 Å². The molecule has 104 valence electrons. The largest absolute Gasteiger partial charge is 0.375 e. The first-order valence-corrected chi connectivity index (χ1v) is 6.35. The van der Waals surface area contributed by atoms with Gasteiger partial charge in [0.1, 0.15) is 11.5 Å². The van der Waals surface area contributed by atoms with Gasteiger partial charge in [-0.25, -0.2) is 4.39 Å². The van der Waals surface area contributed by atoms with Crippen molar-refractivity contribution < 1.29 is 9.31 Å². The predicted molar refractivity (Wildman–Crippen MR) is 76.8 cm³/mol. The number of hydrogen-bond donors (Lipinski definition) is 1. The van der Waals surface area contributed by atoms with E-state index in [-0.39, 0.29) is 33.5 Å². The van der Waals surface area contributed by atoms with Crippen molar-refractivity contribution in [2.45, 2.75) is 6.54 Å². The van der Waals surface area contributed by atoms with Gasteiger partial charge in [0.2, 0.25) is 0 Å². The zero-order chi connectivity index (χ0) is 14.7. The van der Waals surface area contributed by atoms with Crippen LogP contribution in [-0.2, 0) is 6.54 Å². The highest BCUT2D eigenvalue weighted by Crippen LogP contribution is 2.29. The lowest BCUT2D eigenvalue weighted by Crippen LogP contribution is -2.05. The van der Waals surface area contributed by atoms with Crippen molar-refractivity contribution in [2.24, 2.45) is 0 Å². The molecule has 0 bridgehead atoms. The van der Waals surface area contributed by atoms with Crippen LogP contribution < -0.4 is 5.32 Å². The summed E-state index contributed by atoms with van der Waals surface area (Å²) >= 11 is 11.6. The van der Waals surface area contributed by atoms with Crippen LogP contribution in [0.3, 0.4) is 0 Å². The van der Waals surface area contributed by atoms with Gasteiger partial charge in [0.05, 0.1) is 4.92 Å². The van der Waals surface area contributed by atoms with Crippen LogP contribution in [0.25, 0.3) is 0 Å². The monoisotopic (exact) mass is 314 g/mol. The lowest BCUT2D eigenvalue weighted by atomic mass is 10.2. The lowest BCUT2D eigenvalue weighted by molar-refractivity contribution is -0.383. The molecule has 4 nitrogen and oxygen atoms in total. The number of benzene rings is 2. The van der Waals surface area contributed by atoms with E-state index in [4.69, 9.17) is 23.2 Å². The van der Waals surface area contributed by atoms with E-state index < -0.39 is 10.7 Å². The molecule has 0 aliphatic carbocycles. The molecule has 2 aromatic rings. The summed E-state index contributed by atoms with van der Waals surface area (Å²) in [6.07, 6.45) is 0. The van der Waals surface area contributed by atoms with Crippen molar-refractivity contribution in [1.29, 1.82) is 0 Å². The third kappa shape index (κ3) is 3.18. The topological polar surface area (TPSA) is 55.2 Å². The third-order valence-corrected chi connectivity index (χ3v) is 3.26. The van der Waals surface area contributed by atoms with E-state index in [1.165, 1.54) is 30.3 Å². The number of anilines is 1. The van der Waals surface area contributed by atoms with Gasteiger partial charge in [-0.1, -0.05) is 29.3 Å². The molecule has 0 atom stereocenters. The molecule has 0 saturated heterocycles. The molecule has 0 heterocycles. The van der Waals surface area contributed by atoms with Crippen molar-refractivity contribution in [2.75, 3.05) is 5.32 Å². The lowest BCUT2D eigenvalue weighted by Gasteiger charge is -2.09. The van der Waals surface area contributed by atoms with Crippen LogP contribution in [0.4, 0.5) is 15.8 Å².